The molecule has 20 heavy (non-hydrogen) atoms. The largest absolute Gasteiger partial charge is 0.354 e. The van der Waals surface area contributed by atoms with Crippen LogP contribution in [-0.4, -0.2) is 30.2 Å². The molecule has 0 aliphatic heterocycles. The van der Waals surface area contributed by atoms with Gasteiger partial charge in [0, 0.05) is 15.9 Å². The Balaban J connectivity index is 2.32. The number of halogens is 1. The summed E-state index contributed by atoms with van der Waals surface area (Å²) in [5.41, 5.74) is 0. The first-order valence-corrected chi connectivity index (χ1v) is 8.26. The van der Waals surface area contributed by atoms with Gasteiger partial charge in [-0.05, 0) is 37.6 Å². The number of hydrogen-bond donors (Lipinski definition) is 2. The maximum Gasteiger partial charge on any atom is 0.242 e. The van der Waals surface area contributed by atoms with E-state index >= 15 is 0 Å². The van der Waals surface area contributed by atoms with Crippen LogP contribution in [-0.2, 0) is 9.59 Å². The van der Waals surface area contributed by atoms with Gasteiger partial charge < -0.3 is 10.6 Å². The fourth-order valence-corrected chi connectivity index (χ4v) is 2.40. The molecule has 1 aromatic carbocycles. The van der Waals surface area contributed by atoms with Crippen molar-refractivity contribution >= 4 is 39.5 Å². The van der Waals surface area contributed by atoms with Crippen LogP contribution in [0.5, 0.6) is 0 Å². The third kappa shape index (κ3) is 6.43. The molecular weight excluding hydrogens is 340 g/mol. The molecule has 6 heteroatoms. The summed E-state index contributed by atoms with van der Waals surface area (Å²) in [6, 6.07) is 7.25. The van der Waals surface area contributed by atoms with Crippen molar-refractivity contribution in [2.24, 2.45) is 0 Å². The highest BCUT2D eigenvalue weighted by molar-refractivity contribution is 9.10. The van der Waals surface area contributed by atoms with Crippen molar-refractivity contribution in [2.45, 2.75) is 31.2 Å². The molecule has 1 aromatic rings. The molecule has 0 fully saturated rings. The molecule has 0 aliphatic carbocycles. The first kappa shape index (κ1) is 17.0. The Bertz CT molecular complexity index is 451. The smallest absolute Gasteiger partial charge is 0.242 e. The summed E-state index contributed by atoms with van der Waals surface area (Å²) < 4.78 is 1.01. The van der Waals surface area contributed by atoms with Crippen molar-refractivity contribution in [1.82, 2.24) is 10.6 Å². The Labute approximate surface area is 132 Å². The van der Waals surface area contributed by atoms with Gasteiger partial charge in [-0.3, -0.25) is 9.59 Å². The zero-order valence-corrected chi connectivity index (χ0v) is 14.0. The fraction of sp³-hybridized carbons (Fsp3) is 0.429. The molecule has 0 saturated heterocycles. The second kappa shape index (κ2) is 9.02. The van der Waals surface area contributed by atoms with Gasteiger partial charge in [-0.2, -0.15) is 0 Å². The van der Waals surface area contributed by atoms with Crippen molar-refractivity contribution in [3.8, 4) is 0 Å². The molecular formula is C14H19BrN2O2S. The lowest BCUT2D eigenvalue weighted by Crippen LogP contribution is -2.45. The lowest BCUT2D eigenvalue weighted by atomic mass is 10.3. The first-order chi connectivity index (χ1) is 9.52. The summed E-state index contributed by atoms with van der Waals surface area (Å²) in [6.45, 7) is 4.30. The topological polar surface area (TPSA) is 58.2 Å². The predicted molar refractivity (Wildman–Crippen MR) is 85.8 cm³/mol. The molecule has 1 atom stereocenters. The highest BCUT2D eigenvalue weighted by Gasteiger charge is 2.14. The number of thioether (sulfide) groups is 1. The summed E-state index contributed by atoms with van der Waals surface area (Å²) >= 11 is 4.81. The summed E-state index contributed by atoms with van der Waals surface area (Å²) in [7, 11) is 0. The van der Waals surface area contributed by atoms with Crippen LogP contribution < -0.4 is 10.6 Å². The van der Waals surface area contributed by atoms with Crippen molar-refractivity contribution in [1.29, 1.82) is 0 Å². The zero-order chi connectivity index (χ0) is 15.0. The molecule has 0 bridgehead atoms. The molecule has 0 saturated carbocycles. The third-order valence-electron chi connectivity index (χ3n) is 2.50. The Morgan fingerprint density at radius 2 is 1.95 bits per heavy atom. The molecule has 0 unspecified atom stereocenters. The van der Waals surface area contributed by atoms with Crippen molar-refractivity contribution in [3.63, 3.8) is 0 Å². The number of carbonyl (C=O) groups is 2. The van der Waals surface area contributed by atoms with Gasteiger partial charge in [-0.1, -0.05) is 22.9 Å². The van der Waals surface area contributed by atoms with Crippen LogP contribution in [0.25, 0.3) is 0 Å². The number of benzene rings is 1. The Morgan fingerprint density at radius 1 is 1.30 bits per heavy atom. The van der Waals surface area contributed by atoms with E-state index in [1.807, 2.05) is 31.2 Å². The van der Waals surface area contributed by atoms with E-state index < -0.39 is 6.04 Å². The maximum absolute atomic E-state index is 11.8. The lowest BCUT2D eigenvalue weighted by molar-refractivity contribution is -0.127. The zero-order valence-electron chi connectivity index (χ0n) is 11.6. The van der Waals surface area contributed by atoms with Crippen LogP contribution in [0.15, 0.2) is 33.6 Å². The van der Waals surface area contributed by atoms with E-state index in [-0.39, 0.29) is 11.8 Å². The van der Waals surface area contributed by atoms with Crippen LogP contribution in [0.1, 0.15) is 20.3 Å². The van der Waals surface area contributed by atoms with E-state index in [4.69, 9.17) is 0 Å². The molecule has 0 aliphatic rings. The molecule has 0 radical (unpaired) electrons. The molecule has 0 spiro atoms. The monoisotopic (exact) mass is 358 g/mol. The minimum atomic E-state index is -0.500. The highest BCUT2D eigenvalue weighted by atomic mass is 79.9. The highest BCUT2D eigenvalue weighted by Crippen LogP contribution is 2.20. The SMILES string of the molecule is CCCNC(=O)[C@@H](C)NC(=O)CSc1ccc(Br)cc1. The van der Waals surface area contributed by atoms with Crippen LogP contribution in [0, 0.1) is 0 Å². The number of nitrogens with one attached hydrogen (secondary N) is 2. The molecule has 1 rings (SSSR count). The Hall–Kier alpha value is -1.01. The second-order valence-corrected chi connectivity index (χ2v) is 6.29. The summed E-state index contributed by atoms with van der Waals surface area (Å²) in [4.78, 5) is 24.4. The van der Waals surface area contributed by atoms with Crippen LogP contribution in [0.2, 0.25) is 0 Å². The quantitative estimate of drug-likeness (QED) is 0.736. The fourth-order valence-electron chi connectivity index (χ4n) is 1.43. The van der Waals surface area contributed by atoms with Gasteiger partial charge in [0.15, 0.2) is 0 Å². The predicted octanol–water partition coefficient (Wildman–Crippen LogP) is 2.57. The van der Waals surface area contributed by atoms with Gasteiger partial charge in [0.25, 0.3) is 0 Å². The summed E-state index contributed by atoms with van der Waals surface area (Å²) in [6.07, 6.45) is 0.881. The van der Waals surface area contributed by atoms with E-state index in [0.717, 1.165) is 15.8 Å². The van der Waals surface area contributed by atoms with Gasteiger partial charge in [-0.15, -0.1) is 11.8 Å². The van der Waals surface area contributed by atoms with Gasteiger partial charge in [0.2, 0.25) is 11.8 Å². The van der Waals surface area contributed by atoms with Crippen molar-refractivity contribution in [2.75, 3.05) is 12.3 Å². The Morgan fingerprint density at radius 3 is 2.55 bits per heavy atom. The van der Waals surface area contributed by atoms with E-state index in [2.05, 4.69) is 26.6 Å². The molecule has 0 aromatic heterocycles. The normalized spacial score (nSPS) is 11.8. The van der Waals surface area contributed by atoms with Gasteiger partial charge >= 0.3 is 0 Å². The van der Waals surface area contributed by atoms with Gasteiger partial charge in [0.05, 0.1) is 5.75 Å². The lowest BCUT2D eigenvalue weighted by Gasteiger charge is -2.13. The molecule has 110 valence electrons. The van der Waals surface area contributed by atoms with Gasteiger partial charge in [-0.25, -0.2) is 0 Å². The minimum absolute atomic E-state index is 0.142. The third-order valence-corrected chi connectivity index (χ3v) is 4.04. The number of rotatable bonds is 7. The van der Waals surface area contributed by atoms with Crippen molar-refractivity contribution < 1.29 is 9.59 Å². The summed E-state index contributed by atoms with van der Waals surface area (Å²) in [5.74, 6) is 0.0124. The van der Waals surface area contributed by atoms with E-state index in [0.29, 0.717) is 12.3 Å². The summed E-state index contributed by atoms with van der Waals surface area (Å²) in [5, 5.41) is 5.44. The molecule has 2 amide bonds. The van der Waals surface area contributed by atoms with E-state index in [1.54, 1.807) is 6.92 Å². The van der Waals surface area contributed by atoms with Gasteiger partial charge in [0.1, 0.15) is 6.04 Å². The van der Waals surface area contributed by atoms with E-state index in [9.17, 15) is 9.59 Å². The molecule has 4 nitrogen and oxygen atoms in total. The first-order valence-electron chi connectivity index (χ1n) is 6.48. The van der Waals surface area contributed by atoms with Crippen LogP contribution in [0.4, 0.5) is 0 Å². The van der Waals surface area contributed by atoms with Crippen LogP contribution in [0.3, 0.4) is 0 Å². The number of hydrogen-bond acceptors (Lipinski definition) is 3. The molecule has 0 heterocycles. The average Bonchev–Trinajstić information content (AvgIpc) is 2.44. The van der Waals surface area contributed by atoms with E-state index in [1.165, 1.54) is 11.8 Å². The van der Waals surface area contributed by atoms with Crippen molar-refractivity contribution in [3.05, 3.63) is 28.7 Å². The molecule has 2 N–H and O–H groups in total. The second-order valence-electron chi connectivity index (χ2n) is 4.32. The standard InChI is InChI=1S/C14H19BrN2O2S/c1-3-8-16-14(19)10(2)17-13(18)9-20-12-6-4-11(15)5-7-12/h4-7,10H,3,8-9H2,1-2H3,(H,16,19)(H,17,18)/t10-/m1/s1. The minimum Gasteiger partial charge on any atom is -0.354 e. The number of amides is 2. The number of carbonyl (C=O) groups excluding carboxylic acids is 2. The average molecular weight is 359 g/mol. The maximum atomic E-state index is 11.8. The van der Waals surface area contributed by atoms with Crippen LogP contribution >= 0.6 is 27.7 Å². The Kier molecular flexibility index (Phi) is 7.69.